The second-order valence-electron chi connectivity index (χ2n) is 4.78. The monoisotopic (exact) mass is 205 g/mol. The van der Waals surface area contributed by atoms with E-state index in [-0.39, 0.29) is 5.82 Å². The maximum atomic E-state index is 13.1. The third-order valence-corrected chi connectivity index (χ3v) is 3.64. The molecule has 1 aromatic carbocycles. The molecule has 0 aromatic heterocycles. The molecule has 1 aliphatic heterocycles. The Labute approximate surface area is 89.7 Å². The molecule has 0 spiro atoms. The van der Waals surface area contributed by atoms with Gasteiger partial charge in [0.1, 0.15) is 5.82 Å². The number of benzene rings is 1. The summed E-state index contributed by atoms with van der Waals surface area (Å²) in [7, 11) is 0. The number of hydrogen-bond donors (Lipinski definition) is 1. The van der Waals surface area contributed by atoms with Crippen molar-refractivity contribution in [3.8, 4) is 0 Å². The fourth-order valence-corrected chi connectivity index (χ4v) is 2.55. The third-order valence-electron chi connectivity index (χ3n) is 3.64. The summed E-state index contributed by atoms with van der Waals surface area (Å²) in [5, 5.41) is 3.60. The Morgan fingerprint density at radius 2 is 2.00 bits per heavy atom. The normalized spacial score (nSPS) is 25.8. The van der Waals surface area contributed by atoms with Crippen LogP contribution in [-0.2, 0) is 13.0 Å². The minimum Gasteiger partial charge on any atom is -0.310 e. The summed E-state index contributed by atoms with van der Waals surface area (Å²) >= 11 is 0. The molecule has 0 saturated heterocycles. The first-order valence-corrected chi connectivity index (χ1v) is 5.83. The van der Waals surface area contributed by atoms with E-state index in [2.05, 4.69) is 5.32 Å². The lowest BCUT2D eigenvalue weighted by Gasteiger charge is -2.13. The van der Waals surface area contributed by atoms with Gasteiger partial charge in [-0.1, -0.05) is 6.07 Å². The summed E-state index contributed by atoms with van der Waals surface area (Å²) in [6.07, 6.45) is 4.95. The predicted molar refractivity (Wildman–Crippen MR) is 58.1 cm³/mol. The van der Waals surface area contributed by atoms with E-state index in [1.165, 1.54) is 30.4 Å². The Hall–Kier alpha value is -0.890. The first kappa shape index (κ1) is 9.34. The van der Waals surface area contributed by atoms with Crippen LogP contribution in [-0.4, -0.2) is 6.04 Å². The van der Waals surface area contributed by atoms with Crippen molar-refractivity contribution in [1.29, 1.82) is 0 Å². The van der Waals surface area contributed by atoms with Crippen molar-refractivity contribution in [2.45, 2.75) is 38.3 Å². The van der Waals surface area contributed by atoms with E-state index in [0.29, 0.717) is 6.04 Å². The number of aryl methyl sites for hydroxylation is 1. The molecule has 1 aliphatic carbocycles. The standard InChI is InChI=1S/C13H16FN/c14-12-5-3-11-8-15-13(9-1-2-9)6-4-10(11)7-12/h3,5,7,9,13,15H,1-2,4,6,8H2. The molecule has 1 heterocycles. The van der Waals surface area contributed by atoms with Crippen LogP contribution in [0.15, 0.2) is 18.2 Å². The van der Waals surface area contributed by atoms with Crippen LogP contribution in [0.25, 0.3) is 0 Å². The Balaban J connectivity index is 1.81. The number of nitrogens with one attached hydrogen (secondary N) is 1. The summed E-state index contributed by atoms with van der Waals surface area (Å²) in [5.74, 6) is 0.794. The Kier molecular flexibility index (Phi) is 2.24. The van der Waals surface area contributed by atoms with Gasteiger partial charge in [-0.2, -0.15) is 0 Å². The molecule has 1 aromatic rings. The molecular weight excluding hydrogens is 189 g/mol. The first-order chi connectivity index (χ1) is 7.33. The maximum absolute atomic E-state index is 13.1. The van der Waals surface area contributed by atoms with Crippen LogP contribution in [0.5, 0.6) is 0 Å². The highest BCUT2D eigenvalue weighted by Gasteiger charge is 2.31. The molecule has 1 nitrogen and oxygen atoms in total. The van der Waals surface area contributed by atoms with E-state index in [4.69, 9.17) is 0 Å². The van der Waals surface area contributed by atoms with E-state index in [0.717, 1.165) is 18.9 Å². The zero-order valence-corrected chi connectivity index (χ0v) is 8.80. The summed E-state index contributed by atoms with van der Waals surface area (Å²) in [5.41, 5.74) is 2.48. The van der Waals surface area contributed by atoms with Gasteiger partial charge in [0.2, 0.25) is 0 Å². The maximum Gasteiger partial charge on any atom is 0.123 e. The van der Waals surface area contributed by atoms with Crippen LogP contribution in [0.1, 0.15) is 30.4 Å². The van der Waals surface area contributed by atoms with Gasteiger partial charge in [0.25, 0.3) is 0 Å². The van der Waals surface area contributed by atoms with E-state index < -0.39 is 0 Å². The molecule has 2 heteroatoms. The van der Waals surface area contributed by atoms with Gasteiger partial charge in [-0.25, -0.2) is 4.39 Å². The number of rotatable bonds is 1. The smallest absolute Gasteiger partial charge is 0.123 e. The van der Waals surface area contributed by atoms with Crippen LogP contribution in [0, 0.1) is 11.7 Å². The minimum atomic E-state index is -0.0985. The molecule has 3 rings (SSSR count). The molecular formula is C13H16FN. The first-order valence-electron chi connectivity index (χ1n) is 5.83. The third kappa shape index (κ3) is 1.91. The van der Waals surface area contributed by atoms with Crippen molar-refractivity contribution in [3.05, 3.63) is 35.1 Å². The minimum absolute atomic E-state index is 0.0985. The second kappa shape index (κ2) is 3.60. The highest BCUT2D eigenvalue weighted by atomic mass is 19.1. The summed E-state index contributed by atoms with van der Waals surface area (Å²) in [6.45, 7) is 0.913. The second-order valence-corrected chi connectivity index (χ2v) is 4.78. The lowest BCUT2D eigenvalue weighted by molar-refractivity contribution is 0.447. The summed E-state index contributed by atoms with van der Waals surface area (Å²) < 4.78 is 13.1. The molecule has 2 aliphatic rings. The van der Waals surface area contributed by atoms with Crippen LogP contribution >= 0.6 is 0 Å². The molecule has 1 saturated carbocycles. The van der Waals surface area contributed by atoms with E-state index in [9.17, 15) is 4.39 Å². The van der Waals surface area contributed by atoms with Gasteiger partial charge >= 0.3 is 0 Å². The molecule has 0 radical (unpaired) electrons. The van der Waals surface area contributed by atoms with Crippen LogP contribution in [0.3, 0.4) is 0 Å². The molecule has 0 amide bonds. The molecule has 1 unspecified atom stereocenters. The Morgan fingerprint density at radius 1 is 1.13 bits per heavy atom. The largest absolute Gasteiger partial charge is 0.310 e. The highest BCUT2D eigenvalue weighted by molar-refractivity contribution is 5.29. The van der Waals surface area contributed by atoms with Crippen molar-refractivity contribution < 1.29 is 4.39 Å². The SMILES string of the molecule is Fc1ccc2c(c1)CCC(C1CC1)NC2. The van der Waals surface area contributed by atoms with Crippen molar-refractivity contribution >= 4 is 0 Å². The predicted octanol–water partition coefficient (Wildman–Crippen LogP) is 2.64. The van der Waals surface area contributed by atoms with Gasteiger partial charge < -0.3 is 5.32 Å². The van der Waals surface area contributed by atoms with Crippen molar-refractivity contribution in [2.24, 2.45) is 5.92 Å². The molecule has 1 fully saturated rings. The van der Waals surface area contributed by atoms with E-state index >= 15 is 0 Å². The molecule has 0 bridgehead atoms. The molecule has 1 atom stereocenters. The number of fused-ring (bicyclic) bond motifs is 1. The summed E-state index contributed by atoms with van der Waals surface area (Å²) in [6, 6.07) is 5.86. The Bertz CT molecular complexity index is 371. The van der Waals surface area contributed by atoms with Crippen LogP contribution < -0.4 is 5.32 Å². The average molecular weight is 205 g/mol. The van der Waals surface area contributed by atoms with Crippen LogP contribution in [0.2, 0.25) is 0 Å². The summed E-state index contributed by atoms with van der Waals surface area (Å²) in [4.78, 5) is 0. The topological polar surface area (TPSA) is 12.0 Å². The number of halogens is 1. The quantitative estimate of drug-likeness (QED) is 0.743. The lowest BCUT2D eigenvalue weighted by Crippen LogP contribution is -2.29. The van der Waals surface area contributed by atoms with E-state index in [1.807, 2.05) is 6.07 Å². The molecule has 80 valence electrons. The van der Waals surface area contributed by atoms with Gasteiger partial charge in [0, 0.05) is 12.6 Å². The van der Waals surface area contributed by atoms with Gasteiger partial charge in [-0.3, -0.25) is 0 Å². The average Bonchev–Trinajstić information content (AvgIpc) is 3.01. The van der Waals surface area contributed by atoms with Crippen LogP contribution in [0.4, 0.5) is 4.39 Å². The fraction of sp³-hybridized carbons (Fsp3) is 0.538. The molecule has 15 heavy (non-hydrogen) atoms. The van der Waals surface area contributed by atoms with Gasteiger partial charge in [-0.05, 0) is 54.9 Å². The van der Waals surface area contributed by atoms with Gasteiger partial charge in [0.05, 0.1) is 0 Å². The highest BCUT2D eigenvalue weighted by Crippen LogP contribution is 2.35. The lowest BCUT2D eigenvalue weighted by atomic mass is 10.0. The molecule has 1 N–H and O–H groups in total. The fourth-order valence-electron chi connectivity index (χ4n) is 2.55. The zero-order valence-electron chi connectivity index (χ0n) is 8.80. The number of hydrogen-bond acceptors (Lipinski definition) is 1. The Morgan fingerprint density at radius 3 is 2.80 bits per heavy atom. The van der Waals surface area contributed by atoms with Gasteiger partial charge in [0.15, 0.2) is 0 Å². The van der Waals surface area contributed by atoms with Crippen molar-refractivity contribution in [2.75, 3.05) is 0 Å². The zero-order chi connectivity index (χ0) is 10.3. The van der Waals surface area contributed by atoms with E-state index in [1.54, 1.807) is 12.1 Å². The van der Waals surface area contributed by atoms with Crippen molar-refractivity contribution in [3.63, 3.8) is 0 Å². The van der Waals surface area contributed by atoms with Gasteiger partial charge in [-0.15, -0.1) is 0 Å². The van der Waals surface area contributed by atoms with Crippen molar-refractivity contribution in [1.82, 2.24) is 5.32 Å².